The molecule has 0 amide bonds. The highest BCUT2D eigenvalue weighted by molar-refractivity contribution is 5.42. The van der Waals surface area contributed by atoms with E-state index in [0.29, 0.717) is 26.4 Å². The van der Waals surface area contributed by atoms with E-state index in [1.54, 1.807) is 0 Å². The van der Waals surface area contributed by atoms with Gasteiger partial charge in [-0.25, -0.2) is 0 Å². The molecule has 1 saturated heterocycles. The highest BCUT2D eigenvalue weighted by Gasteiger charge is 2.45. The molecule has 198 valence electrons. The molecule has 0 spiro atoms. The Morgan fingerprint density at radius 3 is 1.85 bits per heavy atom. The van der Waals surface area contributed by atoms with E-state index in [2.05, 4.69) is 66.7 Å². The Morgan fingerprint density at radius 2 is 1.18 bits per heavy atom. The van der Waals surface area contributed by atoms with Gasteiger partial charge in [0.15, 0.2) is 0 Å². The largest absolute Gasteiger partial charge is 0.374 e. The topological polar surface area (TPSA) is 36.9 Å². The molecule has 0 saturated carbocycles. The lowest BCUT2D eigenvalue weighted by Crippen LogP contribution is -2.52. The third-order valence-electron chi connectivity index (χ3n) is 7.45. The average molecular weight is 519 g/mol. The van der Waals surface area contributed by atoms with Crippen LogP contribution in [-0.2, 0) is 45.2 Å². The van der Waals surface area contributed by atoms with E-state index >= 15 is 0 Å². The second kappa shape index (κ2) is 12.5. The first-order valence-electron chi connectivity index (χ1n) is 13.7. The molecule has 1 aliphatic carbocycles. The van der Waals surface area contributed by atoms with Crippen molar-refractivity contribution < 1.29 is 18.9 Å². The molecule has 0 unspecified atom stereocenters. The molecule has 1 heterocycles. The summed E-state index contributed by atoms with van der Waals surface area (Å²) in [6.07, 6.45) is 2.08. The summed E-state index contributed by atoms with van der Waals surface area (Å²) in [5, 5.41) is 0. The first-order valence-corrected chi connectivity index (χ1v) is 13.7. The smallest absolute Gasteiger partial charge is 0.116 e. The van der Waals surface area contributed by atoms with Gasteiger partial charge in [0.05, 0.1) is 26.4 Å². The number of allylic oxidation sites excluding steroid dienone is 1. The maximum absolute atomic E-state index is 6.84. The SMILES string of the molecule is C1=C2[C@@H](O[C@H](COCc3ccccc3)[C@@H](OCc3ccccc3)[C@@H]2OCc2ccccc2)c2ccccc2C1. The van der Waals surface area contributed by atoms with Crippen molar-refractivity contribution in [1.82, 2.24) is 0 Å². The van der Waals surface area contributed by atoms with Gasteiger partial charge in [0.2, 0.25) is 0 Å². The van der Waals surface area contributed by atoms with Gasteiger partial charge in [0, 0.05) is 0 Å². The molecule has 4 nitrogen and oxygen atoms in total. The zero-order valence-corrected chi connectivity index (χ0v) is 22.0. The lowest BCUT2D eigenvalue weighted by Gasteiger charge is -2.45. The monoisotopic (exact) mass is 518 g/mol. The Hall–Kier alpha value is -3.54. The standard InChI is InChI=1S/C35H34O4/c1-4-12-26(13-5-1)22-36-25-32-35(38-24-28-16-8-3-9-17-28)34(37-23-27-14-6-2-7-15-27)31-21-20-29-18-10-11-19-30(29)33(31)39-32/h1-19,21,32-35H,20,22-25H2/t32-,33+,34-,35-/m1/s1. The van der Waals surface area contributed by atoms with Gasteiger partial charge in [-0.15, -0.1) is 0 Å². The van der Waals surface area contributed by atoms with E-state index in [0.717, 1.165) is 28.7 Å². The number of benzene rings is 4. The van der Waals surface area contributed by atoms with Crippen LogP contribution in [-0.4, -0.2) is 24.9 Å². The van der Waals surface area contributed by atoms with Crippen molar-refractivity contribution in [1.29, 1.82) is 0 Å². The Kier molecular flexibility index (Phi) is 8.27. The molecule has 0 N–H and O–H groups in total. The number of rotatable bonds is 10. The minimum Gasteiger partial charge on any atom is -0.374 e. The van der Waals surface area contributed by atoms with Gasteiger partial charge in [-0.2, -0.15) is 0 Å². The predicted molar refractivity (Wildman–Crippen MR) is 152 cm³/mol. The van der Waals surface area contributed by atoms with Crippen molar-refractivity contribution in [3.05, 3.63) is 155 Å². The van der Waals surface area contributed by atoms with E-state index in [1.165, 1.54) is 11.1 Å². The van der Waals surface area contributed by atoms with Crippen LogP contribution in [0.25, 0.3) is 0 Å². The molecule has 6 rings (SSSR count). The molecule has 4 aromatic rings. The first kappa shape index (κ1) is 25.7. The molecular weight excluding hydrogens is 484 g/mol. The van der Waals surface area contributed by atoms with Crippen LogP contribution in [0, 0.1) is 0 Å². The van der Waals surface area contributed by atoms with Gasteiger partial charge in [-0.1, -0.05) is 121 Å². The maximum atomic E-state index is 6.84. The molecule has 4 atom stereocenters. The van der Waals surface area contributed by atoms with Crippen molar-refractivity contribution in [3.8, 4) is 0 Å². The van der Waals surface area contributed by atoms with Crippen molar-refractivity contribution in [3.63, 3.8) is 0 Å². The summed E-state index contributed by atoms with van der Waals surface area (Å²) in [4.78, 5) is 0. The van der Waals surface area contributed by atoms with E-state index in [-0.39, 0.29) is 24.4 Å². The minimum absolute atomic E-state index is 0.183. The normalized spacial score (nSPS) is 22.0. The van der Waals surface area contributed by atoms with Gasteiger partial charge in [0.1, 0.15) is 24.4 Å². The lowest BCUT2D eigenvalue weighted by atomic mass is 9.81. The van der Waals surface area contributed by atoms with Crippen LogP contribution in [0.4, 0.5) is 0 Å². The molecule has 4 aromatic carbocycles. The number of fused-ring (bicyclic) bond motifs is 3. The maximum Gasteiger partial charge on any atom is 0.116 e. The molecule has 1 aliphatic heterocycles. The number of hydrogen-bond donors (Lipinski definition) is 0. The fraction of sp³-hybridized carbons (Fsp3) is 0.257. The summed E-state index contributed by atoms with van der Waals surface area (Å²) in [6.45, 7) is 1.90. The summed E-state index contributed by atoms with van der Waals surface area (Å²) in [6, 6.07) is 39.4. The molecule has 39 heavy (non-hydrogen) atoms. The number of hydrogen-bond acceptors (Lipinski definition) is 4. The fourth-order valence-electron chi connectivity index (χ4n) is 5.46. The second-order valence-electron chi connectivity index (χ2n) is 10.1. The van der Waals surface area contributed by atoms with Crippen LogP contribution in [0.3, 0.4) is 0 Å². The predicted octanol–water partition coefficient (Wildman–Crippen LogP) is 7.00. The highest BCUT2D eigenvalue weighted by Crippen LogP contribution is 2.43. The summed E-state index contributed by atoms with van der Waals surface area (Å²) < 4.78 is 26.5. The second-order valence-corrected chi connectivity index (χ2v) is 10.1. The van der Waals surface area contributed by atoms with Gasteiger partial charge in [-0.3, -0.25) is 0 Å². The first-order chi connectivity index (χ1) is 19.3. The molecule has 2 aliphatic rings. The molecule has 4 heteroatoms. The minimum atomic E-state index is -0.322. The van der Waals surface area contributed by atoms with Crippen molar-refractivity contribution in [2.45, 2.75) is 50.7 Å². The van der Waals surface area contributed by atoms with Crippen LogP contribution in [0.2, 0.25) is 0 Å². The average Bonchev–Trinajstić information content (AvgIpc) is 3.00. The molecule has 0 aromatic heterocycles. The molecule has 1 fully saturated rings. The van der Waals surface area contributed by atoms with E-state index in [1.807, 2.05) is 54.6 Å². The van der Waals surface area contributed by atoms with Crippen LogP contribution >= 0.6 is 0 Å². The lowest BCUT2D eigenvalue weighted by molar-refractivity contribution is -0.197. The molecule has 0 bridgehead atoms. The summed E-state index contributed by atoms with van der Waals surface area (Å²) >= 11 is 0. The van der Waals surface area contributed by atoms with E-state index in [4.69, 9.17) is 18.9 Å². The third-order valence-corrected chi connectivity index (χ3v) is 7.45. The Bertz CT molecular complexity index is 1350. The van der Waals surface area contributed by atoms with Crippen molar-refractivity contribution in [2.75, 3.05) is 6.61 Å². The van der Waals surface area contributed by atoms with E-state index in [9.17, 15) is 0 Å². The van der Waals surface area contributed by atoms with Gasteiger partial charge in [-0.05, 0) is 39.8 Å². The third kappa shape index (κ3) is 6.21. The van der Waals surface area contributed by atoms with Crippen molar-refractivity contribution >= 4 is 0 Å². The van der Waals surface area contributed by atoms with Gasteiger partial charge >= 0.3 is 0 Å². The van der Waals surface area contributed by atoms with Gasteiger partial charge in [0.25, 0.3) is 0 Å². The summed E-state index contributed by atoms with van der Waals surface area (Å²) in [7, 11) is 0. The number of ether oxygens (including phenoxy) is 4. The van der Waals surface area contributed by atoms with Crippen LogP contribution in [0.1, 0.15) is 33.9 Å². The van der Waals surface area contributed by atoms with Crippen molar-refractivity contribution in [2.24, 2.45) is 0 Å². The zero-order valence-electron chi connectivity index (χ0n) is 22.0. The van der Waals surface area contributed by atoms with E-state index < -0.39 is 0 Å². The Balaban J connectivity index is 1.29. The van der Waals surface area contributed by atoms with Crippen LogP contribution in [0.5, 0.6) is 0 Å². The van der Waals surface area contributed by atoms with Crippen LogP contribution < -0.4 is 0 Å². The highest BCUT2D eigenvalue weighted by atomic mass is 16.6. The van der Waals surface area contributed by atoms with Crippen LogP contribution in [0.15, 0.2) is 127 Å². The summed E-state index contributed by atoms with van der Waals surface area (Å²) in [5.41, 5.74) is 7.03. The molecule has 0 radical (unpaired) electrons. The Morgan fingerprint density at radius 1 is 0.615 bits per heavy atom. The zero-order chi connectivity index (χ0) is 26.3. The molecular formula is C35H34O4. The quantitative estimate of drug-likeness (QED) is 0.212. The Labute approximate surface area is 230 Å². The van der Waals surface area contributed by atoms with Gasteiger partial charge < -0.3 is 18.9 Å². The fourth-order valence-corrected chi connectivity index (χ4v) is 5.46. The summed E-state index contributed by atoms with van der Waals surface area (Å²) in [5.74, 6) is 0.